The Morgan fingerprint density at radius 2 is 0.614 bits per heavy atom. The van der Waals surface area contributed by atoms with Crippen molar-refractivity contribution < 1.29 is 42.1 Å². The highest BCUT2D eigenvalue weighted by molar-refractivity contribution is 7.45. The normalized spacial score (nSPS) is 14.7. The van der Waals surface area contributed by atoms with E-state index in [0.717, 1.165) is 154 Å². The Kier molecular flexibility index (Phi) is 61.1. The molecule has 0 aromatic rings. The second-order valence-electron chi connectivity index (χ2n) is 22.0. The van der Waals surface area contributed by atoms with Crippen LogP contribution in [-0.2, 0) is 32.7 Å². The number of phosphoric ester groups is 1. The van der Waals surface area contributed by atoms with E-state index < -0.39 is 32.5 Å². The monoisotopic (exact) mass is 1230 g/mol. The number of hydrogen-bond donors (Lipinski definition) is 0. The molecule has 0 aromatic carbocycles. The SMILES string of the molecule is CC/C=C\C/C=C\C/C=C\C/C=C\C/C=C\C/C=C\C/C=C\C/C=C\C/C=C\C/C=C\CCCCC(=O)OC(COC(=O)CCCCC/C=C\C/C=C\C/C=C\C/C=C\C/C=C\C/C=C\C/C=C\C/C=C\C/C=C\CC)COP(=O)([O-])OCC[N+](C)(C)C. The largest absolute Gasteiger partial charge is 0.756 e. The number of esters is 2. The maximum Gasteiger partial charge on any atom is 0.306 e. The van der Waals surface area contributed by atoms with Crippen molar-refractivity contribution in [1.29, 1.82) is 0 Å². The molecule has 0 N–H and O–H groups in total. The smallest absolute Gasteiger partial charge is 0.306 e. The standard InChI is InChI=1S/C78H118NO8P/c1-6-8-10-12-14-16-18-20-22-24-26-28-30-32-34-36-38-39-41-43-45-47-49-51-53-55-57-59-61-63-65-67-69-71-78(81)87-76(75-86-88(82,83)85-73-72-79(3,4)5)74-84-77(80)70-68-66-64-62-60-58-56-54-52-50-48-46-44-42-40-37-35-33-31-29-27-25-23-21-19-17-15-13-11-9-7-2/h8-11,14-17,20-23,26-29,32-35,38-40,42-43,45-46,48-49,51-52,54-55,57-58,60-61,63,76H,6-7,12-13,18-19,24-25,30-31,36-37,41,44,47,50,53,56,59,62,64-75H2,1-5H3/b10-8-,11-9-,16-14-,17-15-,22-20-,23-21-,28-26-,29-27-,34-32-,35-33-,39-38-,42-40-,45-43-,48-46-,51-49-,54-52-,57-55-,60-58-,63-61-. The highest BCUT2D eigenvalue weighted by atomic mass is 31.2. The maximum atomic E-state index is 12.8. The molecule has 0 heterocycles. The van der Waals surface area contributed by atoms with Crippen molar-refractivity contribution in [1.82, 2.24) is 0 Å². The van der Waals surface area contributed by atoms with Gasteiger partial charge in [-0.15, -0.1) is 0 Å². The van der Waals surface area contributed by atoms with Gasteiger partial charge in [-0.05, 0) is 161 Å². The summed E-state index contributed by atoms with van der Waals surface area (Å²) in [6.07, 6.45) is 107. The van der Waals surface area contributed by atoms with E-state index in [1.54, 1.807) is 0 Å². The van der Waals surface area contributed by atoms with Gasteiger partial charge in [-0.1, -0.05) is 251 Å². The Bertz CT molecular complexity index is 2330. The predicted octanol–water partition coefficient (Wildman–Crippen LogP) is 21.2. The molecule has 488 valence electrons. The Labute approximate surface area is 537 Å². The molecule has 2 atom stereocenters. The molecule has 0 fully saturated rings. The van der Waals surface area contributed by atoms with E-state index in [0.29, 0.717) is 23.9 Å². The number of phosphoric acid groups is 1. The number of hydrogen-bond acceptors (Lipinski definition) is 8. The molecular formula is C78H118NO8P. The zero-order valence-electron chi connectivity index (χ0n) is 55.3. The van der Waals surface area contributed by atoms with E-state index in [-0.39, 0.29) is 26.1 Å². The summed E-state index contributed by atoms with van der Waals surface area (Å²) in [6.45, 7) is 3.87. The van der Waals surface area contributed by atoms with Crippen molar-refractivity contribution in [3.05, 3.63) is 231 Å². The van der Waals surface area contributed by atoms with Crippen LogP contribution < -0.4 is 4.89 Å². The first-order valence-electron chi connectivity index (χ1n) is 33.1. The van der Waals surface area contributed by atoms with E-state index >= 15 is 0 Å². The number of likely N-dealkylation sites (N-methyl/N-ethyl adjacent to an activating group) is 1. The van der Waals surface area contributed by atoms with Crippen LogP contribution in [-0.4, -0.2) is 70.0 Å². The van der Waals surface area contributed by atoms with Gasteiger partial charge >= 0.3 is 11.9 Å². The molecule has 0 aromatic heterocycles. The lowest BCUT2D eigenvalue weighted by molar-refractivity contribution is -0.870. The molecule has 0 saturated heterocycles. The number of carbonyl (C=O) groups excluding carboxylic acids is 2. The van der Waals surface area contributed by atoms with Crippen molar-refractivity contribution in [3.8, 4) is 0 Å². The van der Waals surface area contributed by atoms with E-state index in [4.69, 9.17) is 18.5 Å². The number of allylic oxidation sites excluding steroid dienone is 38. The van der Waals surface area contributed by atoms with Gasteiger partial charge in [-0.2, -0.15) is 0 Å². The molecule has 0 bridgehead atoms. The molecule has 0 amide bonds. The third-order valence-electron chi connectivity index (χ3n) is 12.7. The second-order valence-corrected chi connectivity index (χ2v) is 23.4. The van der Waals surface area contributed by atoms with Crippen LogP contribution in [0.5, 0.6) is 0 Å². The molecule has 0 aliphatic heterocycles. The van der Waals surface area contributed by atoms with Gasteiger partial charge < -0.3 is 27.9 Å². The molecule has 0 aliphatic rings. The highest BCUT2D eigenvalue weighted by Crippen LogP contribution is 2.38. The zero-order valence-corrected chi connectivity index (χ0v) is 56.2. The lowest BCUT2D eigenvalue weighted by Gasteiger charge is -2.28. The fourth-order valence-electron chi connectivity index (χ4n) is 7.67. The van der Waals surface area contributed by atoms with Crippen molar-refractivity contribution >= 4 is 19.8 Å². The topological polar surface area (TPSA) is 111 Å². The number of nitrogens with zero attached hydrogens (tertiary/aromatic N) is 1. The molecular weight excluding hydrogens is 1110 g/mol. The fourth-order valence-corrected chi connectivity index (χ4v) is 8.40. The molecule has 10 heteroatoms. The fraction of sp³-hybridized carbons (Fsp3) is 0.487. The van der Waals surface area contributed by atoms with Crippen LogP contribution >= 0.6 is 7.82 Å². The quantitative estimate of drug-likeness (QED) is 0.0195. The summed E-state index contributed by atoms with van der Waals surface area (Å²) >= 11 is 0. The van der Waals surface area contributed by atoms with E-state index in [2.05, 4.69) is 245 Å². The van der Waals surface area contributed by atoms with Crippen LogP contribution in [0.4, 0.5) is 0 Å². The Balaban J connectivity index is 4.35. The van der Waals surface area contributed by atoms with Gasteiger partial charge in [0.05, 0.1) is 27.7 Å². The van der Waals surface area contributed by atoms with E-state index in [9.17, 15) is 19.0 Å². The lowest BCUT2D eigenvalue weighted by Crippen LogP contribution is -2.37. The first-order valence-corrected chi connectivity index (χ1v) is 34.6. The van der Waals surface area contributed by atoms with Crippen LogP contribution in [0.25, 0.3) is 0 Å². The molecule has 0 aliphatic carbocycles. The third kappa shape index (κ3) is 69.2. The summed E-state index contributed by atoms with van der Waals surface area (Å²) in [5, 5.41) is 0. The molecule has 0 radical (unpaired) electrons. The van der Waals surface area contributed by atoms with Crippen LogP contribution in [0.2, 0.25) is 0 Å². The minimum Gasteiger partial charge on any atom is -0.756 e. The minimum atomic E-state index is -4.68. The molecule has 2 unspecified atom stereocenters. The minimum absolute atomic E-state index is 0.0600. The van der Waals surface area contributed by atoms with Crippen LogP contribution in [0.3, 0.4) is 0 Å². The number of carbonyl (C=O) groups is 2. The maximum absolute atomic E-state index is 12.8. The summed E-state index contributed by atoms with van der Waals surface area (Å²) in [5.74, 6) is -0.947. The van der Waals surface area contributed by atoms with Gasteiger partial charge in [0.15, 0.2) is 6.10 Å². The Morgan fingerprint density at radius 1 is 0.352 bits per heavy atom. The van der Waals surface area contributed by atoms with Gasteiger partial charge in [0, 0.05) is 12.8 Å². The Hall–Kier alpha value is -5.93. The molecule has 88 heavy (non-hydrogen) atoms. The van der Waals surface area contributed by atoms with Gasteiger partial charge in [-0.3, -0.25) is 14.2 Å². The molecule has 0 rings (SSSR count). The summed E-state index contributed by atoms with van der Waals surface area (Å²) in [5.41, 5.74) is 0. The highest BCUT2D eigenvalue weighted by Gasteiger charge is 2.21. The first kappa shape index (κ1) is 82.1. The summed E-state index contributed by atoms with van der Waals surface area (Å²) in [6, 6.07) is 0. The summed E-state index contributed by atoms with van der Waals surface area (Å²) < 4.78 is 34.1. The lowest BCUT2D eigenvalue weighted by atomic mass is 10.1. The number of rotatable bonds is 57. The van der Waals surface area contributed by atoms with Crippen molar-refractivity contribution in [2.45, 2.75) is 200 Å². The number of quaternary nitrogens is 1. The predicted molar refractivity (Wildman–Crippen MR) is 378 cm³/mol. The zero-order chi connectivity index (χ0) is 64.1. The van der Waals surface area contributed by atoms with Gasteiger partial charge in [0.25, 0.3) is 7.82 Å². The first-order chi connectivity index (χ1) is 43.0. The van der Waals surface area contributed by atoms with Crippen LogP contribution in [0.1, 0.15) is 194 Å². The van der Waals surface area contributed by atoms with Crippen LogP contribution in [0, 0.1) is 0 Å². The average molecular weight is 1230 g/mol. The number of ether oxygens (including phenoxy) is 2. The molecule has 0 saturated carbocycles. The Morgan fingerprint density at radius 3 is 0.909 bits per heavy atom. The second kappa shape index (κ2) is 65.5. The van der Waals surface area contributed by atoms with Crippen molar-refractivity contribution in [3.63, 3.8) is 0 Å². The third-order valence-corrected chi connectivity index (χ3v) is 13.6. The molecule has 9 nitrogen and oxygen atoms in total. The van der Waals surface area contributed by atoms with Crippen LogP contribution in [0.15, 0.2) is 231 Å². The molecule has 0 spiro atoms. The van der Waals surface area contributed by atoms with Gasteiger partial charge in [0.1, 0.15) is 19.8 Å². The summed E-state index contributed by atoms with van der Waals surface area (Å²) in [7, 11) is 1.08. The van der Waals surface area contributed by atoms with Gasteiger partial charge in [0.2, 0.25) is 0 Å². The average Bonchev–Trinajstić information content (AvgIpc) is 3.56. The van der Waals surface area contributed by atoms with Crippen molar-refractivity contribution in [2.75, 3.05) is 47.5 Å². The summed E-state index contributed by atoms with van der Waals surface area (Å²) in [4.78, 5) is 38.0. The van der Waals surface area contributed by atoms with Crippen molar-refractivity contribution in [2.24, 2.45) is 0 Å². The van der Waals surface area contributed by atoms with E-state index in [1.165, 1.54) is 0 Å². The van der Waals surface area contributed by atoms with E-state index in [1.807, 2.05) is 21.1 Å². The number of unbranched alkanes of at least 4 members (excludes halogenated alkanes) is 5. The van der Waals surface area contributed by atoms with Gasteiger partial charge in [-0.25, -0.2) is 0 Å².